The van der Waals surface area contributed by atoms with E-state index in [0.29, 0.717) is 13.2 Å². The number of halogens is 1. The second-order valence-corrected chi connectivity index (χ2v) is 6.92. The fourth-order valence-electron chi connectivity index (χ4n) is 2.42. The van der Waals surface area contributed by atoms with Crippen LogP contribution in [-0.2, 0) is 13.2 Å². The van der Waals surface area contributed by atoms with Crippen LogP contribution in [0.2, 0.25) is 5.02 Å². The number of benzene rings is 2. The van der Waals surface area contributed by atoms with Crippen LogP contribution in [0.1, 0.15) is 38.3 Å². The van der Waals surface area contributed by atoms with Crippen LogP contribution in [0.25, 0.3) is 0 Å². The third kappa shape index (κ3) is 6.97. The molecule has 2 rings (SSSR count). The second-order valence-electron chi connectivity index (χ2n) is 6.49. The third-order valence-electron chi connectivity index (χ3n) is 3.84. The third-order valence-corrected chi connectivity index (χ3v) is 4.10. The van der Waals surface area contributed by atoms with Crippen molar-refractivity contribution in [2.75, 3.05) is 13.2 Å². The molecule has 0 saturated heterocycles. The molecule has 0 aromatic heterocycles. The monoisotopic (exact) mass is 361 g/mol. The van der Waals surface area contributed by atoms with Gasteiger partial charge in [0, 0.05) is 11.6 Å². The molecule has 0 aliphatic heterocycles. The summed E-state index contributed by atoms with van der Waals surface area (Å²) < 4.78 is 11.7. The number of hydrogen-bond donors (Lipinski definition) is 1. The molecule has 0 spiro atoms. The molecule has 4 heteroatoms. The van der Waals surface area contributed by atoms with Gasteiger partial charge in [0.05, 0.1) is 6.61 Å². The fourth-order valence-corrected chi connectivity index (χ4v) is 2.54. The van der Waals surface area contributed by atoms with E-state index < -0.39 is 0 Å². The maximum absolute atomic E-state index is 5.94. The number of hydrogen-bond acceptors (Lipinski definition) is 3. The highest BCUT2D eigenvalue weighted by molar-refractivity contribution is 6.30. The quantitative estimate of drug-likeness (QED) is 0.570. The molecule has 2 aromatic rings. The molecule has 136 valence electrons. The Kier molecular flexibility index (Phi) is 8.10. The lowest BCUT2D eigenvalue weighted by molar-refractivity contribution is 0.269. The molecule has 3 nitrogen and oxygen atoms in total. The topological polar surface area (TPSA) is 30.5 Å². The van der Waals surface area contributed by atoms with Gasteiger partial charge in [0.2, 0.25) is 0 Å². The lowest BCUT2D eigenvalue weighted by atomic mass is 10.1. The van der Waals surface area contributed by atoms with Crippen molar-refractivity contribution in [1.29, 1.82) is 0 Å². The van der Waals surface area contributed by atoms with Gasteiger partial charge in [0.15, 0.2) is 11.5 Å². The molecular weight excluding hydrogens is 334 g/mol. The standard InChI is InChI=1S/C21H28ClNO2/c1-4-24-21-13-18(14-23-12-11-16(2)3)7-10-20(21)25-15-17-5-8-19(22)9-6-17/h5-10,13,16,23H,4,11-12,14-15H2,1-3H3. The highest BCUT2D eigenvalue weighted by Crippen LogP contribution is 2.29. The van der Waals surface area contributed by atoms with E-state index in [2.05, 4.69) is 31.3 Å². The molecule has 0 aliphatic rings. The molecule has 0 aliphatic carbocycles. The molecule has 0 radical (unpaired) electrons. The van der Waals surface area contributed by atoms with Crippen molar-refractivity contribution in [1.82, 2.24) is 5.32 Å². The zero-order valence-corrected chi connectivity index (χ0v) is 16.1. The normalized spacial score (nSPS) is 10.9. The summed E-state index contributed by atoms with van der Waals surface area (Å²) in [6.45, 7) is 9.42. The molecule has 0 unspecified atom stereocenters. The Morgan fingerprint density at radius 3 is 2.36 bits per heavy atom. The van der Waals surface area contributed by atoms with E-state index in [4.69, 9.17) is 21.1 Å². The van der Waals surface area contributed by atoms with Gasteiger partial charge < -0.3 is 14.8 Å². The van der Waals surface area contributed by atoms with Crippen LogP contribution in [0.15, 0.2) is 42.5 Å². The Balaban J connectivity index is 1.96. The van der Waals surface area contributed by atoms with E-state index in [1.54, 1.807) is 0 Å². The van der Waals surface area contributed by atoms with Crippen molar-refractivity contribution in [3.8, 4) is 11.5 Å². The van der Waals surface area contributed by atoms with Crippen molar-refractivity contribution in [2.24, 2.45) is 5.92 Å². The Morgan fingerprint density at radius 1 is 0.960 bits per heavy atom. The van der Waals surface area contributed by atoms with E-state index in [9.17, 15) is 0 Å². The molecule has 0 amide bonds. The maximum Gasteiger partial charge on any atom is 0.161 e. The van der Waals surface area contributed by atoms with Gasteiger partial charge in [-0.05, 0) is 61.2 Å². The van der Waals surface area contributed by atoms with E-state index in [0.717, 1.165) is 41.1 Å². The predicted octanol–water partition coefficient (Wildman–Crippen LogP) is 5.45. The minimum atomic E-state index is 0.489. The summed E-state index contributed by atoms with van der Waals surface area (Å²) in [6, 6.07) is 13.8. The minimum Gasteiger partial charge on any atom is -0.490 e. The minimum absolute atomic E-state index is 0.489. The van der Waals surface area contributed by atoms with E-state index >= 15 is 0 Å². The number of rotatable bonds is 10. The summed E-state index contributed by atoms with van der Waals surface area (Å²) in [7, 11) is 0. The second kappa shape index (κ2) is 10.3. The first-order chi connectivity index (χ1) is 12.1. The van der Waals surface area contributed by atoms with Crippen LogP contribution in [0.4, 0.5) is 0 Å². The molecule has 2 aromatic carbocycles. The molecular formula is C21H28ClNO2. The molecule has 1 N–H and O–H groups in total. The Morgan fingerprint density at radius 2 is 1.68 bits per heavy atom. The van der Waals surface area contributed by atoms with Gasteiger partial charge in [0.25, 0.3) is 0 Å². The van der Waals surface area contributed by atoms with Gasteiger partial charge in [-0.1, -0.05) is 43.6 Å². The first kappa shape index (κ1) is 19.6. The maximum atomic E-state index is 5.94. The van der Waals surface area contributed by atoms with Crippen molar-refractivity contribution in [2.45, 2.75) is 40.3 Å². The van der Waals surface area contributed by atoms with Gasteiger partial charge in [-0.25, -0.2) is 0 Å². The average molecular weight is 362 g/mol. The summed E-state index contributed by atoms with van der Waals surface area (Å²) >= 11 is 5.92. The van der Waals surface area contributed by atoms with Crippen LogP contribution in [0.3, 0.4) is 0 Å². The summed E-state index contributed by atoms with van der Waals surface area (Å²) in [4.78, 5) is 0. The number of ether oxygens (including phenoxy) is 2. The largest absolute Gasteiger partial charge is 0.490 e. The average Bonchev–Trinajstić information content (AvgIpc) is 2.59. The van der Waals surface area contributed by atoms with Gasteiger partial charge in [0.1, 0.15) is 6.61 Å². The number of nitrogens with one attached hydrogen (secondary N) is 1. The molecule has 0 fully saturated rings. The van der Waals surface area contributed by atoms with E-state index in [1.807, 2.05) is 37.3 Å². The highest BCUT2D eigenvalue weighted by atomic mass is 35.5. The smallest absolute Gasteiger partial charge is 0.161 e. The van der Waals surface area contributed by atoms with E-state index in [-0.39, 0.29) is 0 Å². The molecule has 0 saturated carbocycles. The first-order valence-electron chi connectivity index (χ1n) is 8.92. The summed E-state index contributed by atoms with van der Waals surface area (Å²) in [5.41, 5.74) is 2.28. The van der Waals surface area contributed by atoms with Crippen LogP contribution in [0, 0.1) is 5.92 Å². The van der Waals surface area contributed by atoms with Gasteiger partial charge in [-0.15, -0.1) is 0 Å². The van der Waals surface area contributed by atoms with Crippen molar-refractivity contribution in [3.63, 3.8) is 0 Å². The lowest BCUT2D eigenvalue weighted by Gasteiger charge is -2.14. The first-order valence-corrected chi connectivity index (χ1v) is 9.30. The van der Waals surface area contributed by atoms with Crippen molar-refractivity contribution < 1.29 is 9.47 Å². The highest BCUT2D eigenvalue weighted by Gasteiger charge is 2.07. The Labute approximate surface area is 156 Å². The van der Waals surface area contributed by atoms with Gasteiger partial charge >= 0.3 is 0 Å². The molecule has 25 heavy (non-hydrogen) atoms. The summed E-state index contributed by atoms with van der Waals surface area (Å²) in [5, 5.41) is 4.21. The van der Waals surface area contributed by atoms with Crippen LogP contribution >= 0.6 is 11.6 Å². The zero-order valence-electron chi connectivity index (χ0n) is 15.3. The SMILES string of the molecule is CCOc1cc(CNCCC(C)C)ccc1OCc1ccc(Cl)cc1. The van der Waals surface area contributed by atoms with Crippen molar-refractivity contribution >= 4 is 11.6 Å². The zero-order chi connectivity index (χ0) is 18.1. The summed E-state index contributed by atoms with van der Waals surface area (Å²) in [6.07, 6.45) is 1.18. The van der Waals surface area contributed by atoms with Crippen molar-refractivity contribution in [3.05, 3.63) is 58.6 Å². The Hall–Kier alpha value is -1.71. The molecule has 0 atom stereocenters. The van der Waals surface area contributed by atoms with Crippen LogP contribution in [0.5, 0.6) is 11.5 Å². The van der Waals surface area contributed by atoms with Gasteiger partial charge in [-0.2, -0.15) is 0 Å². The summed E-state index contributed by atoms with van der Waals surface area (Å²) in [5.74, 6) is 2.28. The van der Waals surface area contributed by atoms with E-state index in [1.165, 1.54) is 12.0 Å². The predicted molar refractivity (Wildman–Crippen MR) is 105 cm³/mol. The van der Waals surface area contributed by atoms with Crippen LogP contribution in [-0.4, -0.2) is 13.2 Å². The molecule has 0 bridgehead atoms. The lowest BCUT2D eigenvalue weighted by Crippen LogP contribution is -2.16. The Bertz CT molecular complexity index is 641. The van der Waals surface area contributed by atoms with Gasteiger partial charge in [-0.3, -0.25) is 0 Å². The molecule has 0 heterocycles. The van der Waals surface area contributed by atoms with Crippen LogP contribution < -0.4 is 14.8 Å². The fraction of sp³-hybridized carbons (Fsp3) is 0.429.